The van der Waals surface area contributed by atoms with E-state index in [1.807, 2.05) is 18.2 Å². The summed E-state index contributed by atoms with van der Waals surface area (Å²) in [4.78, 5) is 23.1. The maximum absolute atomic E-state index is 12.2. The van der Waals surface area contributed by atoms with E-state index in [-0.39, 0.29) is 11.7 Å². The van der Waals surface area contributed by atoms with E-state index in [9.17, 15) is 9.59 Å². The van der Waals surface area contributed by atoms with Crippen LogP contribution in [0.15, 0.2) is 42.0 Å². The van der Waals surface area contributed by atoms with Crippen LogP contribution in [0.25, 0.3) is 0 Å². The van der Waals surface area contributed by atoms with Crippen molar-refractivity contribution in [1.29, 1.82) is 0 Å². The van der Waals surface area contributed by atoms with E-state index < -0.39 is 5.60 Å². The average Bonchev–Trinajstić information content (AvgIpc) is 2.47. The summed E-state index contributed by atoms with van der Waals surface area (Å²) in [6.45, 7) is 3.68. The van der Waals surface area contributed by atoms with Crippen molar-refractivity contribution in [1.82, 2.24) is 0 Å². The number of allylic oxidation sites excluding steroid dienone is 1. The first-order valence-corrected chi connectivity index (χ1v) is 7.20. The lowest BCUT2D eigenvalue weighted by Crippen LogP contribution is -2.31. The molecule has 0 amide bonds. The Labute approximate surface area is 122 Å². The second-order valence-electron chi connectivity index (χ2n) is 4.18. The standard InChI is InChI=1S/C15H18O4S/c1-3-13(14(18)20-10-9-16)15(2,19-11-17)12-7-5-4-6-8-12/h3-8,11,16H,9-10H2,1-2H3/b13-3-. The lowest BCUT2D eigenvalue weighted by atomic mass is 9.88. The quantitative estimate of drug-likeness (QED) is 0.617. The molecular formula is C15H18O4S. The van der Waals surface area contributed by atoms with E-state index >= 15 is 0 Å². The molecule has 0 saturated carbocycles. The maximum Gasteiger partial charge on any atom is 0.294 e. The molecule has 0 aliphatic heterocycles. The summed E-state index contributed by atoms with van der Waals surface area (Å²) >= 11 is 1.00. The van der Waals surface area contributed by atoms with Crippen molar-refractivity contribution in [3.05, 3.63) is 47.5 Å². The van der Waals surface area contributed by atoms with Gasteiger partial charge in [0.1, 0.15) is 0 Å². The zero-order valence-corrected chi connectivity index (χ0v) is 12.4. The largest absolute Gasteiger partial charge is 0.452 e. The van der Waals surface area contributed by atoms with E-state index in [1.54, 1.807) is 32.1 Å². The van der Waals surface area contributed by atoms with Gasteiger partial charge in [-0.2, -0.15) is 0 Å². The molecule has 0 fully saturated rings. The van der Waals surface area contributed by atoms with Gasteiger partial charge < -0.3 is 9.84 Å². The fourth-order valence-electron chi connectivity index (χ4n) is 1.94. The monoisotopic (exact) mass is 294 g/mol. The number of hydrogen-bond donors (Lipinski definition) is 1. The van der Waals surface area contributed by atoms with Crippen LogP contribution in [0.2, 0.25) is 0 Å². The number of carbonyl (C=O) groups excluding carboxylic acids is 2. The van der Waals surface area contributed by atoms with E-state index in [0.29, 0.717) is 17.8 Å². The highest BCUT2D eigenvalue weighted by atomic mass is 32.2. The van der Waals surface area contributed by atoms with Crippen molar-refractivity contribution in [2.45, 2.75) is 19.4 Å². The highest BCUT2D eigenvalue weighted by Gasteiger charge is 2.36. The first-order chi connectivity index (χ1) is 9.60. The molecule has 1 aromatic carbocycles. The summed E-state index contributed by atoms with van der Waals surface area (Å²) in [6, 6.07) is 9.09. The SMILES string of the molecule is C/C=C(/C(=O)SCCO)C(C)(OC=O)c1ccccc1. The van der Waals surface area contributed by atoms with Crippen LogP contribution in [0.1, 0.15) is 19.4 Å². The summed E-state index contributed by atoms with van der Waals surface area (Å²) < 4.78 is 5.22. The molecule has 20 heavy (non-hydrogen) atoms. The number of hydrogen-bond acceptors (Lipinski definition) is 5. The Bertz CT molecular complexity index is 484. The fourth-order valence-corrected chi connectivity index (χ4v) is 2.69. The minimum absolute atomic E-state index is 0.0794. The van der Waals surface area contributed by atoms with E-state index in [4.69, 9.17) is 9.84 Å². The Kier molecular flexibility index (Phi) is 6.48. The molecule has 1 unspecified atom stereocenters. The second-order valence-corrected chi connectivity index (χ2v) is 5.24. The molecule has 0 heterocycles. The maximum atomic E-state index is 12.2. The normalized spacial score (nSPS) is 14.4. The fraction of sp³-hybridized carbons (Fsp3) is 0.333. The number of benzene rings is 1. The van der Waals surface area contributed by atoms with Gasteiger partial charge in [-0.1, -0.05) is 48.2 Å². The summed E-state index contributed by atoms with van der Waals surface area (Å²) in [5.41, 5.74) is -0.0236. The van der Waals surface area contributed by atoms with E-state index in [1.165, 1.54) is 0 Å². The van der Waals surface area contributed by atoms with Crippen LogP contribution in [-0.2, 0) is 19.9 Å². The number of aliphatic hydroxyl groups excluding tert-OH is 1. The van der Waals surface area contributed by atoms with Crippen molar-refractivity contribution >= 4 is 23.3 Å². The lowest BCUT2D eigenvalue weighted by molar-refractivity contribution is -0.140. The molecule has 1 rings (SSSR count). The summed E-state index contributed by atoms with van der Waals surface area (Å²) in [5, 5.41) is 8.60. The first kappa shape index (κ1) is 16.5. The summed E-state index contributed by atoms with van der Waals surface area (Å²) in [7, 11) is 0. The molecule has 4 nitrogen and oxygen atoms in total. The van der Waals surface area contributed by atoms with Gasteiger partial charge in [0.05, 0.1) is 6.61 Å². The first-order valence-electron chi connectivity index (χ1n) is 6.22. The number of aliphatic hydroxyl groups is 1. The number of ether oxygens (including phenoxy) is 1. The molecule has 0 spiro atoms. The predicted octanol–water partition coefficient (Wildman–Crippen LogP) is 2.27. The van der Waals surface area contributed by atoms with Crippen molar-refractivity contribution in [2.24, 2.45) is 0 Å². The van der Waals surface area contributed by atoms with Crippen LogP contribution in [0.5, 0.6) is 0 Å². The molecule has 1 atom stereocenters. The van der Waals surface area contributed by atoms with Gasteiger partial charge in [-0.25, -0.2) is 0 Å². The molecule has 0 saturated heterocycles. The third-order valence-electron chi connectivity index (χ3n) is 2.96. The molecular weight excluding hydrogens is 276 g/mol. The van der Waals surface area contributed by atoms with Crippen LogP contribution >= 0.6 is 11.8 Å². The van der Waals surface area contributed by atoms with E-state index in [0.717, 1.165) is 17.3 Å². The third kappa shape index (κ3) is 3.71. The van der Waals surface area contributed by atoms with Gasteiger partial charge in [-0.05, 0) is 19.4 Å². The molecule has 0 radical (unpaired) electrons. The smallest absolute Gasteiger partial charge is 0.294 e. The Morgan fingerprint density at radius 1 is 1.40 bits per heavy atom. The topological polar surface area (TPSA) is 63.6 Å². The summed E-state index contributed by atoms with van der Waals surface area (Å²) in [6.07, 6.45) is 1.64. The Morgan fingerprint density at radius 2 is 2.05 bits per heavy atom. The van der Waals surface area contributed by atoms with Gasteiger partial charge in [-0.3, -0.25) is 9.59 Å². The Morgan fingerprint density at radius 3 is 2.55 bits per heavy atom. The molecule has 0 aliphatic rings. The van der Waals surface area contributed by atoms with Gasteiger partial charge in [0.2, 0.25) is 5.12 Å². The van der Waals surface area contributed by atoms with Crippen LogP contribution in [0.3, 0.4) is 0 Å². The number of thioether (sulfide) groups is 1. The van der Waals surface area contributed by atoms with Crippen LogP contribution in [0.4, 0.5) is 0 Å². The van der Waals surface area contributed by atoms with Gasteiger partial charge >= 0.3 is 0 Å². The zero-order valence-electron chi connectivity index (χ0n) is 11.5. The molecule has 108 valence electrons. The van der Waals surface area contributed by atoms with Crippen LogP contribution in [-0.4, -0.2) is 29.1 Å². The minimum Gasteiger partial charge on any atom is -0.452 e. The summed E-state index contributed by atoms with van der Waals surface area (Å²) in [5.74, 6) is 0.308. The highest BCUT2D eigenvalue weighted by molar-refractivity contribution is 8.14. The molecule has 5 heteroatoms. The minimum atomic E-state index is -1.13. The van der Waals surface area contributed by atoms with Gasteiger partial charge in [-0.15, -0.1) is 0 Å². The Hall–Kier alpha value is -1.59. The van der Waals surface area contributed by atoms with Gasteiger partial charge in [0.15, 0.2) is 5.60 Å². The van der Waals surface area contributed by atoms with E-state index in [2.05, 4.69) is 0 Å². The molecule has 0 aliphatic carbocycles. The zero-order chi connectivity index (χ0) is 15.0. The molecule has 0 bridgehead atoms. The van der Waals surface area contributed by atoms with Gasteiger partial charge in [0.25, 0.3) is 6.47 Å². The average molecular weight is 294 g/mol. The van der Waals surface area contributed by atoms with Crippen molar-refractivity contribution in [3.8, 4) is 0 Å². The van der Waals surface area contributed by atoms with Crippen LogP contribution < -0.4 is 0 Å². The number of rotatable bonds is 7. The predicted molar refractivity (Wildman–Crippen MR) is 79.3 cm³/mol. The number of carbonyl (C=O) groups is 2. The lowest BCUT2D eigenvalue weighted by Gasteiger charge is -2.30. The highest BCUT2D eigenvalue weighted by Crippen LogP contribution is 2.35. The second kappa shape index (κ2) is 7.87. The van der Waals surface area contributed by atoms with Crippen molar-refractivity contribution in [3.63, 3.8) is 0 Å². The van der Waals surface area contributed by atoms with Gasteiger partial charge in [0, 0.05) is 11.3 Å². The molecule has 0 aromatic heterocycles. The van der Waals surface area contributed by atoms with Crippen molar-refractivity contribution in [2.75, 3.05) is 12.4 Å². The molecule has 1 N–H and O–H groups in total. The van der Waals surface area contributed by atoms with Crippen molar-refractivity contribution < 1.29 is 19.4 Å². The third-order valence-corrected chi connectivity index (χ3v) is 3.82. The Balaban J connectivity index is 3.16. The molecule has 1 aromatic rings. The van der Waals surface area contributed by atoms with Crippen LogP contribution in [0, 0.1) is 0 Å².